The van der Waals surface area contributed by atoms with Crippen LogP contribution in [0, 0.1) is 0 Å². The smallest absolute Gasteiger partial charge is 0.0816 e. The molecule has 3 heteroatoms. The predicted molar refractivity (Wildman–Crippen MR) is 87.6 cm³/mol. The zero-order valence-corrected chi connectivity index (χ0v) is 13.7. The molecule has 0 aliphatic rings. The summed E-state index contributed by atoms with van der Waals surface area (Å²) < 4.78 is 0.921. The fourth-order valence-corrected chi connectivity index (χ4v) is 2.42. The van der Waals surface area contributed by atoms with E-state index in [0.717, 1.165) is 29.3 Å². The van der Waals surface area contributed by atoms with E-state index in [4.69, 9.17) is 0 Å². The molecule has 1 atom stereocenters. The van der Waals surface area contributed by atoms with E-state index in [1.807, 2.05) is 38.1 Å². The van der Waals surface area contributed by atoms with Gasteiger partial charge in [-0.1, -0.05) is 60.1 Å². The normalized spacial score (nSPS) is 11.4. The van der Waals surface area contributed by atoms with Gasteiger partial charge in [-0.15, -0.1) is 0 Å². The number of aryl methyl sites for hydroxylation is 1. The summed E-state index contributed by atoms with van der Waals surface area (Å²) in [7, 11) is 0. The van der Waals surface area contributed by atoms with Crippen molar-refractivity contribution in [1.82, 2.24) is 4.98 Å². The highest BCUT2D eigenvalue weighted by Crippen LogP contribution is 2.25. The van der Waals surface area contributed by atoms with Crippen LogP contribution in [-0.4, -0.2) is 10.1 Å². The molecule has 2 nitrogen and oxygen atoms in total. The Morgan fingerprint density at radius 2 is 1.85 bits per heavy atom. The highest BCUT2D eigenvalue weighted by atomic mass is 79.9. The molecule has 2 rings (SSSR count). The van der Waals surface area contributed by atoms with E-state index in [-0.39, 0.29) is 0 Å². The molecule has 0 spiro atoms. The number of hydrogen-bond donors (Lipinski definition) is 1. The van der Waals surface area contributed by atoms with Gasteiger partial charge in [-0.25, -0.2) is 0 Å². The van der Waals surface area contributed by atoms with E-state index in [9.17, 15) is 5.11 Å². The van der Waals surface area contributed by atoms with Gasteiger partial charge in [0.1, 0.15) is 0 Å². The molecule has 0 saturated carbocycles. The maximum Gasteiger partial charge on any atom is 0.0816 e. The van der Waals surface area contributed by atoms with Crippen molar-refractivity contribution in [3.8, 4) is 0 Å². The Morgan fingerprint density at radius 3 is 2.50 bits per heavy atom. The molecule has 0 saturated heterocycles. The van der Waals surface area contributed by atoms with E-state index in [1.165, 1.54) is 5.56 Å². The molecule has 0 fully saturated rings. The van der Waals surface area contributed by atoms with E-state index >= 15 is 0 Å². The summed E-state index contributed by atoms with van der Waals surface area (Å²) in [4.78, 5) is 4.04. The second kappa shape index (κ2) is 9.67. The van der Waals surface area contributed by atoms with Crippen molar-refractivity contribution in [2.45, 2.75) is 39.2 Å². The van der Waals surface area contributed by atoms with E-state index in [0.29, 0.717) is 0 Å². The Labute approximate surface area is 130 Å². The number of pyridine rings is 1. The van der Waals surface area contributed by atoms with Gasteiger partial charge < -0.3 is 5.11 Å². The summed E-state index contributed by atoms with van der Waals surface area (Å²) in [5.74, 6) is 0. The van der Waals surface area contributed by atoms with Crippen molar-refractivity contribution in [2.24, 2.45) is 0 Å². The highest BCUT2D eigenvalue weighted by Gasteiger charge is 2.10. The first-order valence-electron chi connectivity index (χ1n) is 7.09. The lowest BCUT2D eigenvalue weighted by Gasteiger charge is -2.12. The minimum absolute atomic E-state index is 0.447. The van der Waals surface area contributed by atoms with Gasteiger partial charge >= 0.3 is 0 Å². The number of aliphatic hydroxyl groups is 1. The maximum atomic E-state index is 10.1. The molecular formula is C17H22BrNO. The number of hydrogen-bond acceptors (Lipinski definition) is 2. The maximum absolute atomic E-state index is 10.1. The van der Waals surface area contributed by atoms with Crippen LogP contribution >= 0.6 is 15.9 Å². The van der Waals surface area contributed by atoms with Crippen molar-refractivity contribution in [1.29, 1.82) is 0 Å². The molecular weight excluding hydrogens is 314 g/mol. The zero-order chi connectivity index (χ0) is 14.8. The van der Waals surface area contributed by atoms with Crippen LogP contribution in [0.3, 0.4) is 0 Å². The molecule has 1 aromatic heterocycles. The van der Waals surface area contributed by atoms with Crippen molar-refractivity contribution >= 4 is 15.9 Å². The minimum Gasteiger partial charge on any atom is -0.388 e. The molecule has 1 unspecified atom stereocenters. The van der Waals surface area contributed by atoms with Gasteiger partial charge in [0.15, 0.2) is 0 Å². The van der Waals surface area contributed by atoms with Gasteiger partial charge in [0, 0.05) is 22.4 Å². The van der Waals surface area contributed by atoms with Gasteiger partial charge in [-0.05, 0) is 30.9 Å². The Morgan fingerprint density at radius 1 is 1.15 bits per heavy atom. The van der Waals surface area contributed by atoms with Crippen LogP contribution in [0.4, 0.5) is 0 Å². The van der Waals surface area contributed by atoms with Crippen molar-refractivity contribution in [2.75, 3.05) is 0 Å². The molecule has 108 valence electrons. The summed E-state index contributed by atoms with van der Waals surface area (Å²) in [6.45, 7) is 4.00. The van der Waals surface area contributed by atoms with Gasteiger partial charge in [0.2, 0.25) is 0 Å². The molecule has 1 heterocycles. The Balaban J connectivity index is 0.000000956. The Hall–Kier alpha value is -1.19. The van der Waals surface area contributed by atoms with Crippen LogP contribution in [0.25, 0.3) is 0 Å². The first kappa shape index (κ1) is 16.9. The van der Waals surface area contributed by atoms with E-state index in [2.05, 4.69) is 33.0 Å². The second-order valence-corrected chi connectivity index (χ2v) is 5.15. The molecule has 20 heavy (non-hydrogen) atoms. The Kier molecular flexibility index (Phi) is 8.16. The predicted octanol–water partition coefficient (Wildman–Crippen LogP) is 4.93. The summed E-state index contributed by atoms with van der Waals surface area (Å²) in [5.41, 5.74) is 2.18. The molecule has 2 aromatic rings. The average molecular weight is 336 g/mol. The van der Waals surface area contributed by atoms with E-state index < -0.39 is 6.10 Å². The quantitative estimate of drug-likeness (QED) is 0.840. The summed E-state index contributed by atoms with van der Waals surface area (Å²) in [6, 6.07) is 12.2. The third-order valence-electron chi connectivity index (χ3n) is 2.94. The van der Waals surface area contributed by atoms with Crippen LogP contribution in [-0.2, 0) is 6.42 Å². The summed E-state index contributed by atoms with van der Waals surface area (Å²) in [6.07, 6.45) is 5.69. The monoisotopic (exact) mass is 335 g/mol. The molecule has 0 aliphatic heterocycles. The number of halogens is 1. The van der Waals surface area contributed by atoms with Crippen LogP contribution < -0.4 is 0 Å². The molecule has 0 amide bonds. The first-order valence-corrected chi connectivity index (χ1v) is 7.88. The van der Waals surface area contributed by atoms with Gasteiger partial charge in [0.25, 0.3) is 0 Å². The Bertz CT molecular complexity index is 487. The van der Waals surface area contributed by atoms with Crippen LogP contribution in [0.1, 0.15) is 43.9 Å². The zero-order valence-electron chi connectivity index (χ0n) is 12.1. The lowest BCUT2D eigenvalue weighted by atomic mass is 10.0. The summed E-state index contributed by atoms with van der Waals surface area (Å²) in [5, 5.41) is 10.1. The van der Waals surface area contributed by atoms with Crippen molar-refractivity contribution in [3.05, 3.63) is 64.4 Å². The molecule has 0 bridgehead atoms. The number of rotatable bonds is 5. The number of aromatic nitrogens is 1. The van der Waals surface area contributed by atoms with Crippen LogP contribution in [0.15, 0.2) is 53.3 Å². The fourth-order valence-electron chi connectivity index (χ4n) is 1.93. The van der Waals surface area contributed by atoms with Crippen molar-refractivity contribution < 1.29 is 5.11 Å². The standard InChI is InChI=1S/C15H16BrNO.C2H6/c16-14-9-10-17-11-13(14)15(18)8-4-7-12-5-2-1-3-6-12;1-2/h1-3,5-6,9-11,15,18H,4,7-8H2;1-2H3. The van der Waals surface area contributed by atoms with Gasteiger partial charge in [0.05, 0.1) is 6.10 Å². The highest BCUT2D eigenvalue weighted by molar-refractivity contribution is 9.10. The van der Waals surface area contributed by atoms with Gasteiger partial charge in [-0.2, -0.15) is 0 Å². The SMILES string of the molecule is CC.OC(CCCc1ccccc1)c1cnccc1Br. The van der Waals surface area contributed by atoms with E-state index in [1.54, 1.807) is 12.4 Å². The molecule has 1 N–H and O–H groups in total. The number of aliphatic hydroxyl groups excluding tert-OH is 1. The lowest BCUT2D eigenvalue weighted by Crippen LogP contribution is -2.00. The molecule has 0 aliphatic carbocycles. The minimum atomic E-state index is -0.447. The van der Waals surface area contributed by atoms with Crippen molar-refractivity contribution in [3.63, 3.8) is 0 Å². The third-order valence-corrected chi connectivity index (χ3v) is 3.66. The third kappa shape index (κ3) is 5.43. The van der Waals surface area contributed by atoms with Crippen LogP contribution in [0.2, 0.25) is 0 Å². The second-order valence-electron chi connectivity index (χ2n) is 4.29. The number of nitrogens with zero attached hydrogens (tertiary/aromatic N) is 1. The topological polar surface area (TPSA) is 33.1 Å². The lowest BCUT2D eigenvalue weighted by molar-refractivity contribution is 0.163. The number of benzene rings is 1. The van der Waals surface area contributed by atoms with Gasteiger partial charge in [-0.3, -0.25) is 4.98 Å². The summed E-state index contributed by atoms with van der Waals surface area (Å²) >= 11 is 3.43. The first-order chi connectivity index (χ1) is 9.77. The molecule has 0 radical (unpaired) electrons. The molecule has 1 aromatic carbocycles. The fraction of sp³-hybridized carbons (Fsp3) is 0.353. The van der Waals surface area contributed by atoms with Crippen LogP contribution in [0.5, 0.6) is 0 Å². The largest absolute Gasteiger partial charge is 0.388 e. The average Bonchev–Trinajstić information content (AvgIpc) is 2.51.